The van der Waals surface area contributed by atoms with Crippen LogP contribution in [0.3, 0.4) is 0 Å². The molecule has 2 N–H and O–H groups in total. The zero-order valence-corrected chi connectivity index (χ0v) is 18.0. The summed E-state index contributed by atoms with van der Waals surface area (Å²) in [5, 5.41) is 6.98. The quantitative estimate of drug-likeness (QED) is 0.673. The Morgan fingerprint density at radius 3 is 2.84 bits per heavy atom. The van der Waals surface area contributed by atoms with Crippen LogP contribution in [0.25, 0.3) is 0 Å². The number of hydrogen-bond acceptors (Lipinski definition) is 6. The van der Waals surface area contributed by atoms with Gasteiger partial charge in [-0.05, 0) is 37.5 Å². The monoisotopic (exact) mass is 471 g/mol. The summed E-state index contributed by atoms with van der Waals surface area (Å²) in [6.45, 7) is 1.22. The minimum Gasteiger partial charge on any atom is -0.380 e. The predicted molar refractivity (Wildman–Crippen MR) is 108 cm³/mol. The Labute approximate surface area is 183 Å². The van der Waals surface area contributed by atoms with Crippen molar-refractivity contribution < 1.29 is 26.3 Å². The molecular formula is C20H24F3N5O3S. The lowest BCUT2D eigenvalue weighted by Gasteiger charge is -2.43. The molecule has 2 aromatic rings. The Morgan fingerprint density at radius 2 is 2.09 bits per heavy atom. The number of fused-ring (bicyclic) bond motifs is 1. The molecule has 3 aliphatic rings. The molecule has 1 spiro atoms. The highest BCUT2D eigenvalue weighted by Gasteiger charge is 2.59. The van der Waals surface area contributed by atoms with Crippen LogP contribution in [0.4, 0.5) is 18.9 Å². The predicted octanol–water partition coefficient (Wildman–Crippen LogP) is 2.85. The molecule has 0 radical (unpaired) electrons. The Balaban J connectivity index is 1.21. The normalized spacial score (nSPS) is 26.0. The van der Waals surface area contributed by atoms with E-state index in [4.69, 9.17) is 4.74 Å². The number of benzene rings is 1. The van der Waals surface area contributed by atoms with Crippen molar-refractivity contribution >= 4 is 15.7 Å². The van der Waals surface area contributed by atoms with E-state index in [1.165, 1.54) is 18.5 Å². The molecule has 1 aromatic heterocycles. The molecule has 174 valence electrons. The summed E-state index contributed by atoms with van der Waals surface area (Å²) in [4.78, 5) is 3.94. The van der Waals surface area contributed by atoms with Crippen LogP contribution in [0.1, 0.15) is 44.0 Å². The number of aryl methyl sites for hydroxylation is 1. The van der Waals surface area contributed by atoms with Gasteiger partial charge in [0.05, 0.1) is 29.3 Å². The molecule has 3 heterocycles. The molecule has 8 nitrogen and oxygen atoms in total. The molecule has 0 bridgehead atoms. The second kappa shape index (κ2) is 7.70. The largest absolute Gasteiger partial charge is 0.380 e. The molecule has 1 aliphatic carbocycles. The van der Waals surface area contributed by atoms with Crippen molar-refractivity contribution in [2.45, 2.75) is 61.6 Å². The van der Waals surface area contributed by atoms with Crippen molar-refractivity contribution in [1.82, 2.24) is 19.5 Å². The number of nitrogens with one attached hydrogen (secondary N) is 2. The summed E-state index contributed by atoms with van der Waals surface area (Å²) in [5.74, 6) is -2.79. The average molecular weight is 472 g/mol. The van der Waals surface area contributed by atoms with Crippen LogP contribution in [0.15, 0.2) is 29.4 Å². The van der Waals surface area contributed by atoms with Crippen LogP contribution in [0.5, 0.6) is 0 Å². The summed E-state index contributed by atoms with van der Waals surface area (Å²) in [7, 11) is -3.97. The first-order valence-corrected chi connectivity index (χ1v) is 12.1. The Morgan fingerprint density at radius 1 is 1.28 bits per heavy atom. The minimum absolute atomic E-state index is 0.129. The van der Waals surface area contributed by atoms with Gasteiger partial charge in [-0.1, -0.05) is 0 Å². The van der Waals surface area contributed by atoms with Crippen LogP contribution in [-0.4, -0.2) is 48.4 Å². The number of hydrogen-bond donors (Lipinski definition) is 2. The van der Waals surface area contributed by atoms with E-state index in [2.05, 4.69) is 20.1 Å². The molecule has 2 atom stereocenters. The molecule has 32 heavy (non-hydrogen) atoms. The molecule has 1 saturated heterocycles. The van der Waals surface area contributed by atoms with Crippen LogP contribution in [0, 0.1) is 11.2 Å². The standard InChI is InChI=1S/C20H24F3N5O3S/c21-15-6-14(32(29,30)27-17-2-1-5-28-18(17)25-12-26-28)3-4-16(15)24-8-13-7-19(11-31-13)9-20(22,23)10-19/h3-4,6,12-13,17,24,27H,1-2,5,7-11H2. The summed E-state index contributed by atoms with van der Waals surface area (Å²) in [6, 6.07) is 3.12. The number of alkyl halides is 2. The number of rotatable bonds is 6. The van der Waals surface area contributed by atoms with Gasteiger partial charge in [-0.15, -0.1) is 0 Å². The first-order valence-electron chi connectivity index (χ1n) is 10.6. The van der Waals surface area contributed by atoms with Crippen molar-refractivity contribution in [3.8, 4) is 0 Å². The molecule has 1 aromatic carbocycles. The number of anilines is 1. The lowest BCUT2D eigenvalue weighted by Crippen LogP contribution is -2.46. The van der Waals surface area contributed by atoms with Crippen LogP contribution in [0.2, 0.25) is 0 Å². The second-order valence-corrected chi connectivity index (χ2v) is 10.7. The molecular weight excluding hydrogens is 447 g/mol. The lowest BCUT2D eigenvalue weighted by atomic mass is 9.65. The third-order valence-corrected chi connectivity index (χ3v) is 7.91. The average Bonchev–Trinajstić information content (AvgIpc) is 3.34. The van der Waals surface area contributed by atoms with Crippen LogP contribution in [-0.2, 0) is 21.3 Å². The highest BCUT2D eigenvalue weighted by Crippen LogP contribution is 2.57. The number of ether oxygens (including phenoxy) is 1. The fraction of sp³-hybridized carbons (Fsp3) is 0.600. The van der Waals surface area contributed by atoms with Gasteiger partial charge in [0.1, 0.15) is 18.0 Å². The van der Waals surface area contributed by atoms with E-state index < -0.39 is 33.2 Å². The van der Waals surface area contributed by atoms with Crippen LogP contribution < -0.4 is 10.0 Å². The number of nitrogens with zero attached hydrogens (tertiary/aromatic N) is 3. The Kier molecular flexibility index (Phi) is 5.21. The number of aromatic nitrogens is 3. The summed E-state index contributed by atoms with van der Waals surface area (Å²) < 4.78 is 76.5. The van der Waals surface area contributed by atoms with Crippen molar-refractivity contribution in [3.05, 3.63) is 36.2 Å². The topological polar surface area (TPSA) is 98.1 Å². The zero-order chi connectivity index (χ0) is 22.6. The minimum atomic E-state index is -3.97. The smallest absolute Gasteiger partial charge is 0.249 e. The Hall–Kier alpha value is -2.18. The summed E-state index contributed by atoms with van der Waals surface area (Å²) in [5.41, 5.74) is -0.341. The van der Waals surface area contributed by atoms with E-state index in [0.29, 0.717) is 25.2 Å². The van der Waals surface area contributed by atoms with Gasteiger partial charge in [0, 0.05) is 31.3 Å². The first kappa shape index (κ1) is 21.7. The summed E-state index contributed by atoms with van der Waals surface area (Å²) >= 11 is 0. The van der Waals surface area contributed by atoms with E-state index in [-0.39, 0.29) is 42.7 Å². The van der Waals surface area contributed by atoms with Crippen molar-refractivity contribution in [1.29, 1.82) is 0 Å². The molecule has 0 amide bonds. The van der Waals surface area contributed by atoms with Gasteiger partial charge in [-0.3, -0.25) is 0 Å². The van der Waals surface area contributed by atoms with Gasteiger partial charge < -0.3 is 10.1 Å². The van der Waals surface area contributed by atoms with Gasteiger partial charge in [0.15, 0.2) is 0 Å². The first-order chi connectivity index (χ1) is 15.1. The maximum atomic E-state index is 14.6. The van der Waals surface area contributed by atoms with Crippen LogP contribution >= 0.6 is 0 Å². The number of halogens is 3. The summed E-state index contributed by atoms with van der Waals surface area (Å²) in [6.07, 6.45) is 2.59. The van der Waals surface area contributed by atoms with Crippen molar-refractivity contribution in [2.75, 3.05) is 18.5 Å². The van der Waals surface area contributed by atoms with Gasteiger partial charge in [0.25, 0.3) is 0 Å². The molecule has 12 heteroatoms. The fourth-order valence-corrected chi connectivity index (χ4v) is 6.24. The van der Waals surface area contributed by atoms with Crippen molar-refractivity contribution in [3.63, 3.8) is 0 Å². The lowest BCUT2D eigenvalue weighted by molar-refractivity contribution is -0.160. The molecule has 2 aliphatic heterocycles. The fourth-order valence-electron chi connectivity index (χ4n) is 5.01. The molecule has 1 saturated carbocycles. The van der Waals surface area contributed by atoms with Gasteiger partial charge in [-0.25, -0.2) is 36.0 Å². The third-order valence-electron chi connectivity index (χ3n) is 6.44. The second-order valence-electron chi connectivity index (χ2n) is 9.03. The Bertz CT molecular complexity index is 1120. The number of sulfonamides is 1. The third kappa shape index (κ3) is 4.11. The maximum Gasteiger partial charge on any atom is 0.249 e. The zero-order valence-electron chi connectivity index (χ0n) is 17.2. The van der Waals surface area contributed by atoms with E-state index >= 15 is 0 Å². The van der Waals surface area contributed by atoms with Gasteiger partial charge in [-0.2, -0.15) is 5.10 Å². The van der Waals surface area contributed by atoms with Crippen molar-refractivity contribution in [2.24, 2.45) is 5.41 Å². The highest BCUT2D eigenvalue weighted by atomic mass is 32.2. The van der Waals surface area contributed by atoms with Gasteiger partial charge >= 0.3 is 0 Å². The molecule has 2 unspecified atom stereocenters. The van der Waals surface area contributed by atoms with E-state index in [0.717, 1.165) is 12.5 Å². The van der Waals surface area contributed by atoms with E-state index in [9.17, 15) is 21.6 Å². The molecule has 5 rings (SSSR count). The maximum absolute atomic E-state index is 14.6. The van der Waals surface area contributed by atoms with E-state index in [1.54, 1.807) is 4.68 Å². The SMILES string of the molecule is O=S(=O)(NC1CCCn2ncnc21)c1ccc(NCC2CC3(CO2)CC(F)(F)C3)c(F)c1. The van der Waals surface area contributed by atoms with E-state index in [1.807, 2.05) is 0 Å². The highest BCUT2D eigenvalue weighted by molar-refractivity contribution is 7.89. The van der Waals surface area contributed by atoms with Gasteiger partial charge in [0.2, 0.25) is 15.9 Å². The molecule has 2 fully saturated rings.